The van der Waals surface area contributed by atoms with Gasteiger partial charge in [0, 0.05) is 19.1 Å². The van der Waals surface area contributed by atoms with Crippen LogP contribution in [0.4, 0.5) is 0 Å². The number of sulfonamides is 1. The van der Waals surface area contributed by atoms with Crippen LogP contribution in [0, 0.1) is 0 Å². The van der Waals surface area contributed by atoms with Crippen molar-refractivity contribution < 1.29 is 13.2 Å². The maximum atomic E-state index is 12.2. The first-order chi connectivity index (χ1) is 8.47. The van der Waals surface area contributed by atoms with E-state index >= 15 is 0 Å². The summed E-state index contributed by atoms with van der Waals surface area (Å²) in [5.41, 5.74) is 0. The summed E-state index contributed by atoms with van der Waals surface area (Å²) in [5.74, 6) is 0.242. The lowest BCUT2D eigenvalue weighted by Crippen LogP contribution is -2.46. The Balaban J connectivity index is 1.79. The molecular weight excluding hydrogens is 252 g/mol. The third-order valence-electron chi connectivity index (χ3n) is 3.54. The van der Waals surface area contributed by atoms with E-state index in [-0.39, 0.29) is 18.0 Å². The summed E-state index contributed by atoms with van der Waals surface area (Å²) < 4.78 is 31.7. The summed E-state index contributed by atoms with van der Waals surface area (Å²) in [6.07, 6.45) is 2.95. The van der Waals surface area contributed by atoms with E-state index in [0.29, 0.717) is 25.6 Å². The van der Waals surface area contributed by atoms with Crippen molar-refractivity contribution in [1.29, 1.82) is 0 Å². The Morgan fingerprint density at radius 1 is 1.28 bits per heavy atom. The molecule has 2 rings (SSSR count). The number of hydrogen-bond acceptors (Lipinski definition) is 4. The number of nitrogens with zero attached hydrogens (tertiary/aromatic N) is 1. The molecule has 5 nitrogen and oxygen atoms in total. The molecule has 0 aromatic heterocycles. The first-order valence-corrected chi connectivity index (χ1v) is 8.45. The normalized spacial score (nSPS) is 29.1. The quantitative estimate of drug-likeness (QED) is 0.721. The van der Waals surface area contributed by atoms with Gasteiger partial charge in [0.05, 0.1) is 18.0 Å². The molecule has 18 heavy (non-hydrogen) atoms. The van der Waals surface area contributed by atoms with Gasteiger partial charge in [-0.25, -0.2) is 8.42 Å². The van der Waals surface area contributed by atoms with E-state index in [9.17, 15) is 8.42 Å². The minimum absolute atomic E-state index is 0.132. The van der Waals surface area contributed by atoms with Gasteiger partial charge in [-0.1, -0.05) is 13.8 Å². The van der Waals surface area contributed by atoms with Crippen molar-refractivity contribution >= 4 is 10.0 Å². The van der Waals surface area contributed by atoms with Crippen LogP contribution in [0.1, 0.15) is 33.1 Å². The molecule has 2 unspecified atom stereocenters. The van der Waals surface area contributed by atoms with Crippen LogP contribution in [-0.4, -0.2) is 56.4 Å². The molecule has 6 heteroatoms. The zero-order valence-corrected chi connectivity index (χ0v) is 12.1. The summed E-state index contributed by atoms with van der Waals surface area (Å²) in [5, 5.41) is 3.24. The largest absolute Gasteiger partial charge is 0.372 e. The fourth-order valence-corrected chi connectivity index (χ4v) is 4.13. The van der Waals surface area contributed by atoms with Crippen molar-refractivity contribution in [2.45, 2.75) is 51.4 Å². The number of ether oxygens (including phenoxy) is 1. The van der Waals surface area contributed by atoms with E-state index < -0.39 is 10.0 Å². The van der Waals surface area contributed by atoms with Crippen molar-refractivity contribution in [2.75, 3.05) is 25.4 Å². The predicted octanol–water partition coefficient (Wildman–Crippen LogP) is 0.568. The third-order valence-corrected chi connectivity index (χ3v) is 5.42. The molecular formula is C12H24N2O3S. The molecule has 2 aliphatic rings. The van der Waals surface area contributed by atoms with E-state index in [1.807, 2.05) is 0 Å². The Labute approximate surface area is 110 Å². The second-order valence-electron chi connectivity index (χ2n) is 5.55. The highest BCUT2D eigenvalue weighted by molar-refractivity contribution is 7.89. The van der Waals surface area contributed by atoms with Crippen molar-refractivity contribution in [1.82, 2.24) is 9.62 Å². The summed E-state index contributed by atoms with van der Waals surface area (Å²) in [6, 6.07) is 0.409. The number of fused-ring (bicyclic) bond motifs is 2. The van der Waals surface area contributed by atoms with E-state index in [1.54, 1.807) is 4.31 Å². The number of hydrogen-bond donors (Lipinski definition) is 1. The lowest BCUT2D eigenvalue weighted by Gasteiger charge is -2.31. The molecule has 0 aromatic carbocycles. The van der Waals surface area contributed by atoms with Gasteiger partial charge in [0.2, 0.25) is 10.0 Å². The van der Waals surface area contributed by atoms with Crippen LogP contribution in [0.3, 0.4) is 0 Å². The summed E-state index contributed by atoms with van der Waals surface area (Å²) in [4.78, 5) is 0. The van der Waals surface area contributed by atoms with Gasteiger partial charge < -0.3 is 10.1 Å². The minimum atomic E-state index is -3.09. The zero-order chi connectivity index (χ0) is 13.2. The van der Waals surface area contributed by atoms with Gasteiger partial charge in [0.25, 0.3) is 0 Å². The Bertz CT molecular complexity index is 358. The molecule has 2 saturated heterocycles. The highest BCUT2D eigenvalue weighted by Gasteiger charge is 2.38. The fourth-order valence-electron chi connectivity index (χ4n) is 2.58. The van der Waals surface area contributed by atoms with Gasteiger partial charge in [-0.3, -0.25) is 0 Å². The molecule has 2 fully saturated rings. The Morgan fingerprint density at radius 3 is 2.44 bits per heavy atom. The summed E-state index contributed by atoms with van der Waals surface area (Å²) in [6.45, 7) is 5.99. The first-order valence-electron chi connectivity index (χ1n) is 6.84. The smallest absolute Gasteiger partial charge is 0.214 e. The Hall–Kier alpha value is -0.170. The van der Waals surface area contributed by atoms with E-state index in [4.69, 9.17) is 4.74 Å². The maximum absolute atomic E-state index is 12.2. The van der Waals surface area contributed by atoms with Gasteiger partial charge in [-0.05, 0) is 25.8 Å². The van der Waals surface area contributed by atoms with Crippen molar-refractivity contribution in [3.63, 3.8) is 0 Å². The van der Waals surface area contributed by atoms with Crippen LogP contribution in [0.5, 0.6) is 0 Å². The average Bonchev–Trinajstić information content (AvgIpc) is 2.63. The molecule has 106 valence electrons. The van der Waals surface area contributed by atoms with E-state index in [2.05, 4.69) is 19.2 Å². The SMILES string of the molecule is CC(C)NCCCS(=O)(=O)N1CC2CCC(C1)O2. The van der Waals surface area contributed by atoms with Crippen LogP contribution >= 0.6 is 0 Å². The first kappa shape index (κ1) is 14.2. The van der Waals surface area contributed by atoms with Gasteiger partial charge in [0.15, 0.2) is 0 Å². The Kier molecular flexibility index (Phi) is 4.64. The van der Waals surface area contributed by atoms with Gasteiger partial charge in [-0.2, -0.15) is 4.31 Å². The molecule has 2 atom stereocenters. The van der Waals surface area contributed by atoms with Crippen molar-refractivity contribution in [2.24, 2.45) is 0 Å². The lowest BCUT2D eigenvalue weighted by molar-refractivity contribution is -0.0114. The number of rotatable bonds is 6. The maximum Gasteiger partial charge on any atom is 0.214 e. The Morgan fingerprint density at radius 2 is 1.89 bits per heavy atom. The summed E-state index contributed by atoms with van der Waals surface area (Å²) >= 11 is 0. The van der Waals surface area contributed by atoms with Crippen molar-refractivity contribution in [3.05, 3.63) is 0 Å². The highest BCUT2D eigenvalue weighted by atomic mass is 32.2. The molecule has 1 N–H and O–H groups in total. The second kappa shape index (κ2) is 5.86. The molecule has 0 spiro atoms. The molecule has 0 radical (unpaired) electrons. The fraction of sp³-hybridized carbons (Fsp3) is 1.00. The van der Waals surface area contributed by atoms with Crippen molar-refractivity contribution in [3.8, 4) is 0 Å². The predicted molar refractivity (Wildman–Crippen MR) is 71.0 cm³/mol. The summed E-state index contributed by atoms with van der Waals surface area (Å²) in [7, 11) is -3.09. The lowest BCUT2D eigenvalue weighted by atomic mass is 10.2. The van der Waals surface area contributed by atoms with Crippen LogP contribution in [0.2, 0.25) is 0 Å². The molecule has 2 aliphatic heterocycles. The molecule has 0 amide bonds. The topological polar surface area (TPSA) is 58.6 Å². The molecule has 0 aliphatic carbocycles. The molecule has 0 aromatic rings. The second-order valence-corrected chi connectivity index (χ2v) is 7.64. The van der Waals surface area contributed by atoms with Gasteiger partial charge in [0.1, 0.15) is 0 Å². The van der Waals surface area contributed by atoms with Crippen LogP contribution in [-0.2, 0) is 14.8 Å². The molecule has 2 heterocycles. The average molecular weight is 276 g/mol. The highest BCUT2D eigenvalue weighted by Crippen LogP contribution is 2.27. The standard InChI is InChI=1S/C12H24N2O3S/c1-10(2)13-6-3-7-18(15,16)14-8-11-4-5-12(9-14)17-11/h10-13H,3-9H2,1-2H3. The van der Waals surface area contributed by atoms with E-state index in [1.165, 1.54) is 0 Å². The number of nitrogens with one attached hydrogen (secondary N) is 1. The molecule has 2 bridgehead atoms. The third kappa shape index (κ3) is 3.66. The minimum Gasteiger partial charge on any atom is -0.372 e. The van der Waals surface area contributed by atoms with Gasteiger partial charge in [-0.15, -0.1) is 0 Å². The van der Waals surface area contributed by atoms with E-state index in [0.717, 1.165) is 19.4 Å². The van der Waals surface area contributed by atoms with Crippen LogP contribution < -0.4 is 5.32 Å². The van der Waals surface area contributed by atoms with Crippen LogP contribution in [0.25, 0.3) is 0 Å². The zero-order valence-electron chi connectivity index (χ0n) is 11.3. The number of morpholine rings is 1. The van der Waals surface area contributed by atoms with Gasteiger partial charge >= 0.3 is 0 Å². The molecule has 0 saturated carbocycles. The van der Waals surface area contributed by atoms with Crippen LogP contribution in [0.15, 0.2) is 0 Å². The monoisotopic (exact) mass is 276 g/mol.